The monoisotopic (exact) mass is 252 g/mol. The molecule has 0 saturated carbocycles. The zero-order chi connectivity index (χ0) is 13.3. The summed E-state index contributed by atoms with van der Waals surface area (Å²) in [6, 6.07) is 1.24. The van der Waals surface area contributed by atoms with Gasteiger partial charge in [0, 0.05) is 8.07 Å². The molecular weight excluding hydrogens is 224 g/mol. The van der Waals surface area contributed by atoms with Crippen molar-refractivity contribution in [2.45, 2.75) is 59.8 Å². The normalized spacial score (nSPS) is 22.4. The maximum Gasteiger partial charge on any atom is 0.0863 e. The molecule has 0 aromatic heterocycles. The van der Waals surface area contributed by atoms with Crippen LogP contribution in [0.25, 0.3) is 0 Å². The Labute approximate surface area is 108 Å². The SMILES string of the molecule is CC1=C(C)C(C)(C)CC1=COCC[Si](C)(C)C. The topological polar surface area (TPSA) is 9.23 Å². The van der Waals surface area contributed by atoms with E-state index in [-0.39, 0.29) is 0 Å². The second kappa shape index (κ2) is 5.01. The van der Waals surface area contributed by atoms with Crippen molar-refractivity contribution in [3.8, 4) is 0 Å². The molecule has 0 aromatic carbocycles. The Kier molecular flexibility index (Phi) is 4.29. The highest BCUT2D eigenvalue weighted by atomic mass is 28.3. The first-order chi connectivity index (χ1) is 7.63. The van der Waals surface area contributed by atoms with E-state index in [1.165, 1.54) is 22.8 Å². The molecule has 17 heavy (non-hydrogen) atoms. The quantitative estimate of drug-likeness (QED) is 0.389. The molecule has 0 spiro atoms. The number of hydrogen-bond acceptors (Lipinski definition) is 1. The highest BCUT2D eigenvalue weighted by Gasteiger charge is 2.31. The van der Waals surface area contributed by atoms with Crippen LogP contribution in [-0.2, 0) is 4.74 Å². The van der Waals surface area contributed by atoms with Crippen molar-refractivity contribution in [3.63, 3.8) is 0 Å². The standard InChI is InChI=1S/C15H28OSi/c1-12-13(2)15(3,4)10-14(12)11-16-8-9-17(5,6)7/h11H,8-10H2,1-7H3. The summed E-state index contributed by atoms with van der Waals surface area (Å²) >= 11 is 0. The summed E-state index contributed by atoms with van der Waals surface area (Å²) in [5.41, 5.74) is 4.65. The highest BCUT2D eigenvalue weighted by molar-refractivity contribution is 6.76. The van der Waals surface area contributed by atoms with Crippen LogP contribution >= 0.6 is 0 Å². The van der Waals surface area contributed by atoms with E-state index in [2.05, 4.69) is 47.3 Å². The van der Waals surface area contributed by atoms with Crippen molar-refractivity contribution in [1.29, 1.82) is 0 Å². The van der Waals surface area contributed by atoms with Gasteiger partial charge in [-0.05, 0) is 42.9 Å². The molecule has 98 valence electrons. The number of hydrogen-bond donors (Lipinski definition) is 0. The van der Waals surface area contributed by atoms with E-state index in [1.54, 1.807) is 0 Å². The molecule has 0 radical (unpaired) electrons. The fourth-order valence-electron chi connectivity index (χ4n) is 2.14. The molecule has 0 aromatic rings. The molecular formula is C15H28OSi. The minimum Gasteiger partial charge on any atom is -0.501 e. The summed E-state index contributed by atoms with van der Waals surface area (Å²) in [6.45, 7) is 17.1. The van der Waals surface area contributed by atoms with Crippen LogP contribution in [0.4, 0.5) is 0 Å². The molecule has 0 unspecified atom stereocenters. The fraction of sp³-hybridized carbons (Fsp3) is 0.733. The van der Waals surface area contributed by atoms with Crippen molar-refractivity contribution in [2.24, 2.45) is 5.41 Å². The first kappa shape index (κ1) is 14.6. The molecule has 0 fully saturated rings. The van der Waals surface area contributed by atoms with Gasteiger partial charge in [0.25, 0.3) is 0 Å². The maximum absolute atomic E-state index is 5.74. The van der Waals surface area contributed by atoms with Crippen molar-refractivity contribution in [3.05, 3.63) is 23.0 Å². The Morgan fingerprint density at radius 1 is 1.24 bits per heavy atom. The zero-order valence-corrected chi connectivity index (χ0v) is 13.6. The van der Waals surface area contributed by atoms with E-state index in [9.17, 15) is 0 Å². The lowest BCUT2D eigenvalue weighted by atomic mass is 9.86. The first-order valence-electron chi connectivity index (χ1n) is 6.62. The van der Waals surface area contributed by atoms with E-state index in [0.29, 0.717) is 5.41 Å². The Morgan fingerprint density at radius 2 is 1.82 bits per heavy atom. The number of ether oxygens (including phenoxy) is 1. The van der Waals surface area contributed by atoms with Crippen molar-refractivity contribution in [2.75, 3.05) is 6.61 Å². The van der Waals surface area contributed by atoms with Gasteiger partial charge in [0.05, 0.1) is 12.9 Å². The lowest BCUT2D eigenvalue weighted by Crippen LogP contribution is -2.21. The molecule has 1 rings (SSSR count). The highest BCUT2D eigenvalue weighted by Crippen LogP contribution is 2.44. The van der Waals surface area contributed by atoms with E-state index in [0.717, 1.165) is 13.0 Å². The second-order valence-corrected chi connectivity index (χ2v) is 12.8. The molecule has 0 heterocycles. The van der Waals surface area contributed by atoms with E-state index < -0.39 is 8.07 Å². The van der Waals surface area contributed by atoms with Crippen molar-refractivity contribution >= 4 is 8.07 Å². The number of allylic oxidation sites excluding steroid dienone is 3. The summed E-state index contributed by atoms with van der Waals surface area (Å²) < 4.78 is 5.74. The van der Waals surface area contributed by atoms with Crippen LogP contribution in [0.2, 0.25) is 25.7 Å². The third-order valence-electron chi connectivity index (χ3n) is 3.89. The van der Waals surface area contributed by atoms with Gasteiger partial charge in [0.1, 0.15) is 0 Å². The lowest BCUT2D eigenvalue weighted by molar-refractivity contribution is 0.263. The molecule has 0 amide bonds. The van der Waals surface area contributed by atoms with Gasteiger partial charge in [-0.3, -0.25) is 0 Å². The molecule has 0 N–H and O–H groups in total. The largest absolute Gasteiger partial charge is 0.501 e. The van der Waals surface area contributed by atoms with Gasteiger partial charge >= 0.3 is 0 Å². The van der Waals surface area contributed by atoms with E-state index >= 15 is 0 Å². The van der Waals surface area contributed by atoms with Gasteiger partial charge in [-0.1, -0.05) is 39.1 Å². The Hall–Kier alpha value is -0.503. The molecule has 0 bridgehead atoms. The predicted molar refractivity (Wildman–Crippen MR) is 79.0 cm³/mol. The average Bonchev–Trinajstić information content (AvgIpc) is 2.36. The third kappa shape index (κ3) is 4.02. The maximum atomic E-state index is 5.74. The summed E-state index contributed by atoms with van der Waals surface area (Å²) in [5.74, 6) is 0. The average molecular weight is 252 g/mol. The summed E-state index contributed by atoms with van der Waals surface area (Å²) in [5, 5.41) is 0. The van der Waals surface area contributed by atoms with Crippen LogP contribution in [0, 0.1) is 5.41 Å². The molecule has 0 atom stereocenters. The van der Waals surface area contributed by atoms with Gasteiger partial charge < -0.3 is 4.74 Å². The second-order valence-electron chi connectivity index (χ2n) is 7.14. The molecule has 0 aliphatic heterocycles. The van der Waals surface area contributed by atoms with Crippen molar-refractivity contribution < 1.29 is 4.74 Å². The Bertz CT molecular complexity index is 342. The van der Waals surface area contributed by atoms with Crippen LogP contribution in [0.15, 0.2) is 23.0 Å². The summed E-state index contributed by atoms with van der Waals surface area (Å²) in [6.07, 6.45) is 3.13. The van der Waals surface area contributed by atoms with Gasteiger partial charge in [-0.15, -0.1) is 0 Å². The molecule has 1 aliphatic carbocycles. The van der Waals surface area contributed by atoms with Gasteiger partial charge in [0.2, 0.25) is 0 Å². The first-order valence-corrected chi connectivity index (χ1v) is 10.3. The summed E-state index contributed by atoms with van der Waals surface area (Å²) in [7, 11) is -0.959. The molecule has 2 heteroatoms. The van der Waals surface area contributed by atoms with Crippen LogP contribution in [-0.4, -0.2) is 14.7 Å². The van der Waals surface area contributed by atoms with Crippen LogP contribution in [0.3, 0.4) is 0 Å². The van der Waals surface area contributed by atoms with Crippen LogP contribution in [0.1, 0.15) is 34.1 Å². The minimum atomic E-state index is -0.959. The minimum absolute atomic E-state index is 0.318. The summed E-state index contributed by atoms with van der Waals surface area (Å²) in [4.78, 5) is 0. The number of rotatable bonds is 4. The lowest BCUT2D eigenvalue weighted by Gasteiger charge is -2.19. The van der Waals surface area contributed by atoms with Gasteiger partial charge in [-0.25, -0.2) is 0 Å². The Morgan fingerprint density at radius 3 is 2.24 bits per heavy atom. The van der Waals surface area contributed by atoms with E-state index in [1.807, 2.05) is 6.26 Å². The predicted octanol–water partition coefficient (Wildman–Crippen LogP) is 4.99. The van der Waals surface area contributed by atoms with E-state index in [4.69, 9.17) is 4.74 Å². The molecule has 1 aliphatic rings. The van der Waals surface area contributed by atoms with Crippen LogP contribution < -0.4 is 0 Å². The Balaban J connectivity index is 2.54. The third-order valence-corrected chi connectivity index (χ3v) is 5.59. The van der Waals surface area contributed by atoms with Gasteiger partial charge in [0.15, 0.2) is 0 Å². The van der Waals surface area contributed by atoms with Gasteiger partial charge in [-0.2, -0.15) is 0 Å². The smallest absolute Gasteiger partial charge is 0.0863 e. The molecule has 0 saturated heterocycles. The van der Waals surface area contributed by atoms with Crippen molar-refractivity contribution in [1.82, 2.24) is 0 Å². The van der Waals surface area contributed by atoms with Crippen LogP contribution in [0.5, 0.6) is 0 Å². The zero-order valence-electron chi connectivity index (χ0n) is 12.6. The fourth-order valence-corrected chi connectivity index (χ4v) is 2.87. The molecule has 1 nitrogen and oxygen atoms in total.